The fraction of sp³-hybridized carbons (Fsp3) is 0.0674. The number of nitrogens with zero attached hydrogens (tertiary/aromatic N) is 9. The van der Waals surface area contributed by atoms with Crippen LogP contribution in [-0.4, -0.2) is 131 Å². The third-order valence-corrected chi connectivity index (χ3v) is 23.4. The summed E-state index contributed by atoms with van der Waals surface area (Å²) >= 11 is 51.8. The number of hydrogen-bond donors (Lipinski definition) is 7. The predicted molar refractivity (Wildman–Crippen MR) is 494 cm³/mol. The van der Waals surface area contributed by atoms with E-state index in [4.69, 9.17) is 97.3 Å². The van der Waals surface area contributed by atoms with Gasteiger partial charge in [-0.05, 0) is 194 Å². The Labute approximate surface area is 763 Å². The Balaban J connectivity index is 0.000000144. The van der Waals surface area contributed by atoms with Crippen molar-refractivity contribution in [1.82, 2.24) is 45.1 Å². The van der Waals surface area contributed by atoms with Crippen LogP contribution < -0.4 is 37.2 Å². The van der Waals surface area contributed by atoms with Gasteiger partial charge in [0, 0.05) is 124 Å². The fourth-order valence-electron chi connectivity index (χ4n) is 12.1. The number of carbonyl (C=O) groups excluding carboxylic acids is 8. The number of rotatable bonds is 18. The lowest BCUT2D eigenvalue weighted by Crippen LogP contribution is -2.29. The van der Waals surface area contributed by atoms with E-state index in [1.54, 1.807) is 135 Å². The van der Waals surface area contributed by atoms with Gasteiger partial charge in [-0.2, -0.15) is 5.10 Å². The fourth-order valence-corrected chi connectivity index (χ4v) is 16.1. The first-order valence-electron chi connectivity index (χ1n) is 37.4. The number of amidine groups is 1. The molecule has 14 aromatic rings. The first kappa shape index (κ1) is 90.6. The SMILES string of the molecule is Cn1nccc1NC(=O)c1ccc(C(=O)Nc2ccc(Cl)c(-c3ccccn3)c2)c(Cl)c1.O=C(NC1=NCCS1)c1ccc(C(=O)Nc2ccc(Cl)c(-c3ccccn3)c2)c(Cl)c1.O=C(Nc1ccc(Cl)c(-c2ccccn2)c1)c1ccc(C(=O)N2CCS(=O)(=O)C2)cc1Cl.O=C(Nc1ccno1)c1ccc(C(=O)Nc2ccc(Cl)c(-c3ccccn3)c2)c(Cl)c1. The Hall–Kier alpha value is -13.2. The highest BCUT2D eigenvalue weighted by Gasteiger charge is 2.31. The van der Waals surface area contributed by atoms with Crippen LogP contribution in [0.1, 0.15) is 82.9 Å². The van der Waals surface area contributed by atoms with E-state index < -0.39 is 45.3 Å². The van der Waals surface area contributed by atoms with Crippen LogP contribution in [0.25, 0.3) is 45.0 Å². The van der Waals surface area contributed by atoms with E-state index in [1.807, 2.05) is 60.7 Å². The maximum Gasteiger partial charge on any atom is 0.258 e. The van der Waals surface area contributed by atoms with Gasteiger partial charge in [0.05, 0.1) is 110 Å². The Bertz CT molecular complexity index is 6630. The summed E-state index contributed by atoms with van der Waals surface area (Å²) in [5.41, 5.74) is 9.60. The molecule has 0 unspecified atom stereocenters. The van der Waals surface area contributed by atoms with E-state index in [0.717, 1.165) is 5.75 Å². The molecule has 27 nitrogen and oxygen atoms in total. The second-order valence-corrected chi connectivity index (χ2v) is 33.5. The molecule has 0 saturated carbocycles. The van der Waals surface area contributed by atoms with Gasteiger partial charge in [0.2, 0.25) is 5.88 Å². The summed E-state index contributed by atoms with van der Waals surface area (Å²) in [5, 5.41) is 29.9. The number of sulfone groups is 1. The molecule has 1 fully saturated rings. The molecule has 8 amide bonds. The third kappa shape index (κ3) is 23.6. The first-order valence-corrected chi connectivity index (χ1v) is 43.3. The first-order chi connectivity index (χ1) is 60.7. The summed E-state index contributed by atoms with van der Waals surface area (Å²) in [6, 6.07) is 63.2. The molecule has 0 spiro atoms. The highest BCUT2D eigenvalue weighted by atomic mass is 35.5. The number of thioether (sulfide) groups is 1. The minimum Gasteiger partial charge on any atom is -0.338 e. The number of aryl methyl sites for hydroxylation is 1. The second-order valence-electron chi connectivity index (χ2n) is 27.0. The topological polar surface area (TPSA) is 366 Å². The lowest BCUT2D eigenvalue weighted by molar-refractivity contribution is 0.0799. The average molecular weight is 1880 g/mol. The molecule has 634 valence electrons. The van der Waals surface area contributed by atoms with Crippen LogP contribution in [0.15, 0.2) is 277 Å². The molecule has 1 saturated heterocycles. The molecule has 37 heteroatoms. The molecule has 2 aliphatic heterocycles. The summed E-state index contributed by atoms with van der Waals surface area (Å²) in [6.07, 6.45) is 9.64. The van der Waals surface area contributed by atoms with E-state index in [1.165, 1.54) is 100 Å². The minimum atomic E-state index is -3.25. The van der Waals surface area contributed by atoms with Crippen LogP contribution in [0.2, 0.25) is 40.2 Å². The number of amides is 8. The summed E-state index contributed by atoms with van der Waals surface area (Å²) in [4.78, 5) is 123. The van der Waals surface area contributed by atoms with Gasteiger partial charge in [0.25, 0.3) is 47.3 Å². The zero-order chi connectivity index (χ0) is 89.1. The molecular formula is C89H64Cl8N16O11S2. The molecule has 2 aliphatic rings. The van der Waals surface area contributed by atoms with E-state index >= 15 is 0 Å². The van der Waals surface area contributed by atoms with Crippen molar-refractivity contribution in [3.8, 4) is 45.0 Å². The molecule has 0 radical (unpaired) electrons. The normalized spacial score (nSPS) is 12.2. The Morgan fingerprint density at radius 2 is 0.738 bits per heavy atom. The van der Waals surface area contributed by atoms with Gasteiger partial charge in [0.1, 0.15) is 11.7 Å². The number of benzene rings is 8. The van der Waals surface area contributed by atoms with Crippen molar-refractivity contribution in [2.45, 2.75) is 0 Å². The van der Waals surface area contributed by atoms with Gasteiger partial charge >= 0.3 is 0 Å². The lowest BCUT2D eigenvalue weighted by Gasteiger charge is -2.15. The molecule has 16 rings (SSSR count). The second kappa shape index (κ2) is 42.0. The van der Waals surface area contributed by atoms with E-state index in [-0.39, 0.29) is 89.3 Å². The van der Waals surface area contributed by atoms with Crippen molar-refractivity contribution in [1.29, 1.82) is 0 Å². The molecule has 8 aromatic carbocycles. The summed E-state index contributed by atoms with van der Waals surface area (Å²) in [6.45, 7) is 0.823. The highest BCUT2D eigenvalue weighted by molar-refractivity contribution is 8.14. The maximum absolute atomic E-state index is 12.8. The van der Waals surface area contributed by atoms with Crippen LogP contribution in [0.5, 0.6) is 0 Å². The van der Waals surface area contributed by atoms with Crippen molar-refractivity contribution in [2.75, 3.05) is 62.4 Å². The van der Waals surface area contributed by atoms with E-state index in [9.17, 15) is 46.8 Å². The predicted octanol–water partition coefficient (Wildman–Crippen LogP) is 20.1. The molecule has 126 heavy (non-hydrogen) atoms. The van der Waals surface area contributed by atoms with Crippen molar-refractivity contribution >= 4 is 201 Å². The van der Waals surface area contributed by atoms with E-state index in [0.29, 0.717) is 117 Å². The highest BCUT2D eigenvalue weighted by Crippen LogP contribution is 2.36. The van der Waals surface area contributed by atoms with Gasteiger partial charge in [-0.3, -0.25) is 73.3 Å². The summed E-state index contributed by atoms with van der Waals surface area (Å²) < 4.78 is 29.6. The number of pyridine rings is 4. The van der Waals surface area contributed by atoms with Crippen LogP contribution in [0, 0.1) is 0 Å². The Morgan fingerprint density at radius 1 is 0.373 bits per heavy atom. The number of aromatic nitrogens is 7. The van der Waals surface area contributed by atoms with Crippen LogP contribution in [0.3, 0.4) is 0 Å². The number of halogens is 8. The molecular weight excluding hydrogens is 1820 g/mol. The average Bonchev–Trinajstić information content (AvgIpc) is 1.34. The van der Waals surface area contributed by atoms with Gasteiger partial charge in [-0.15, -0.1) is 0 Å². The molecule has 0 aliphatic carbocycles. The summed E-state index contributed by atoms with van der Waals surface area (Å²) in [7, 11) is -1.53. The molecule has 0 atom stereocenters. The van der Waals surface area contributed by atoms with Gasteiger partial charge in [-0.1, -0.05) is 134 Å². The van der Waals surface area contributed by atoms with Crippen molar-refractivity contribution in [2.24, 2.45) is 12.0 Å². The monoisotopic (exact) mass is 1880 g/mol. The molecule has 7 N–H and O–H groups in total. The van der Waals surface area contributed by atoms with Crippen LogP contribution in [0.4, 0.5) is 34.5 Å². The maximum atomic E-state index is 12.8. The molecule has 8 heterocycles. The third-order valence-electron chi connectivity index (χ3n) is 18.4. The quantitative estimate of drug-likeness (QED) is 0.0419. The molecule has 6 aromatic heterocycles. The van der Waals surface area contributed by atoms with Crippen LogP contribution in [-0.2, 0) is 16.9 Å². The number of carbonyl (C=O) groups is 8. The van der Waals surface area contributed by atoms with Crippen molar-refractivity contribution in [3.05, 3.63) is 352 Å². The Morgan fingerprint density at radius 3 is 1.05 bits per heavy atom. The van der Waals surface area contributed by atoms with Crippen molar-refractivity contribution < 1.29 is 51.3 Å². The van der Waals surface area contributed by atoms with E-state index in [2.05, 4.69) is 72.4 Å². The largest absolute Gasteiger partial charge is 0.338 e. The Kier molecular flexibility index (Phi) is 30.2. The number of anilines is 6. The smallest absolute Gasteiger partial charge is 0.258 e. The standard InChI is InChI=1S/C23H17Cl2N5O2.C22H14Cl2N4O3.C22H16Cl2N4O2S.C22H17Cl2N3O4S/c1-30-21(9-11-27-30)29-22(31)14-5-7-16(19(25)12-14)23(32)28-15-6-8-18(24)17(13-15)20-4-2-3-10-26-20;23-17-7-5-14(12-16(17)19-3-1-2-9-25-19)27-22(30)15-6-4-13(11-18(15)24)21(29)28-20-8-10-26-31-20;23-17-7-5-14(12-16(17)19-3-1-2-8-25-19)27-21(30)15-6-4-13(11-18(15)24)20(29)28-22-26-9-10-31-22;23-18-7-5-15(12-17(18)20-3-1-2-8-25-20)26-21(28)16-6-4-14(11-19(16)24)22(29)27-9-10-32(30,31)13-27/h2-13H,1H3,(H,28,32)(H,29,31);1-12H,(H,27,30)(H,28,29);1-8,11-12H,9-10H2,(H,27,30)(H,26,28,29);1-8,11-12H,9-10,13H2,(H,26,28). The minimum absolute atomic E-state index is 0.0610. The lowest BCUT2D eigenvalue weighted by atomic mass is 10.1. The number of aliphatic imine (C=N–C) groups is 1. The van der Waals surface area contributed by atoms with Gasteiger partial charge in [0.15, 0.2) is 15.0 Å². The molecule has 0 bridgehead atoms. The number of hydrogen-bond acceptors (Lipinski definition) is 19. The van der Waals surface area contributed by atoms with Crippen molar-refractivity contribution in [3.63, 3.8) is 0 Å². The summed E-state index contributed by atoms with van der Waals surface area (Å²) in [5.74, 6) is -2.06. The van der Waals surface area contributed by atoms with Gasteiger partial charge < -0.3 is 41.3 Å². The zero-order valence-corrected chi connectivity index (χ0v) is 73.0. The number of nitrogens with one attached hydrogen (secondary N) is 7. The van der Waals surface area contributed by atoms with Gasteiger partial charge in [-0.25, -0.2) is 8.42 Å². The zero-order valence-electron chi connectivity index (χ0n) is 65.3. The van der Waals surface area contributed by atoms with Crippen LogP contribution >= 0.6 is 105 Å².